The fraction of sp³-hybridized carbons (Fsp3) is 0.889. The summed E-state index contributed by atoms with van der Waals surface area (Å²) in [6.45, 7) is 21.0. The van der Waals surface area contributed by atoms with E-state index in [0.29, 0.717) is 13.0 Å². The first kappa shape index (κ1) is 56.8. The van der Waals surface area contributed by atoms with E-state index in [-0.39, 0.29) is 37.3 Å². The van der Waals surface area contributed by atoms with Gasteiger partial charge in [0.25, 0.3) is 0 Å². The van der Waals surface area contributed by atoms with Crippen molar-refractivity contribution in [1.29, 1.82) is 0 Å². The van der Waals surface area contributed by atoms with Gasteiger partial charge in [0.15, 0.2) is 12.6 Å². The van der Waals surface area contributed by atoms with Gasteiger partial charge in [-0.3, -0.25) is 4.79 Å². The average molecular weight is 977 g/mol. The second-order valence-electron chi connectivity index (χ2n) is 22.5. The number of fused-ring (bicyclic) bond motifs is 1. The third-order valence-electron chi connectivity index (χ3n) is 11.6. The Morgan fingerprint density at radius 1 is 0.721 bits per heavy atom. The van der Waals surface area contributed by atoms with E-state index in [1.165, 1.54) is 14.0 Å². The summed E-state index contributed by atoms with van der Waals surface area (Å²) in [5.41, 5.74) is 0.639. The number of nitrogens with one attached hydrogen (secondary N) is 4. The number of hydrogen-bond donors (Lipinski definition) is 9. The van der Waals surface area contributed by atoms with Crippen LogP contribution in [0.15, 0.2) is 0 Å². The second-order valence-corrected chi connectivity index (χ2v) is 22.5. The molecule has 0 radical (unpaired) electrons. The van der Waals surface area contributed by atoms with E-state index < -0.39 is 132 Å². The predicted molar refractivity (Wildman–Crippen MR) is 242 cm³/mol. The molecular weight excluding hydrogens is 897 g/mol. The molecule has 4 aliphatic rings. The fourth-order valence-corrected chi connectivity index (χ4v) is 8.74. The number of likely N-dealkylation sites (N-methyl/N-ethyl adjacent to an activating group) is 1. The van der Waals surface area contributed by atoms with Crippen LogP contribution in [0.3, 0.4) is 0 Å². The lowest BCUT2D eigenvalue weighted by Crippen LogP contribution is -2.71. The number of aliphatic hydroxyl groups is 4. The van der Waals surface area contributed by atoms with Crippen molar-refractivity contribution in [3.8, 4) is 0 Å². The van der Waals surface area contributed by atoms with E-state index in [2.05, 4.69) is 21.3 Å². The zero-order chi connectivity index (χ0) is 51.5. The molecule has 5 amide bonds. The third kappa shape index (κ3) is 16.1. The lowest BCUT2D eigenvalue weighted by atomic mass is 9.67. The average Bonchev–Trinajstić information content (AvgIpc) is 3.14. The van der Waals surface area contributed by atoms with Crippen molar-refractivity contribution < 1.29 is 82.3 Å². The van der Waals surface area contributed by atoms with Crippen LogP contribution in [0.4, 0.5) is 19.2 Å². The van der Waals surface area contributed by atoms with Gasteiger partial charge in [0.2, 0.25) is 5.91 Å². The molecule has 23 heteroatoms. The third-order valence-corrected chi connectivity index (χ3v) is 11.6. The molecule has 10 N–H and O–H groups in total. The van der Waals surface area contributed by atoms with Crippen LogP contribution in [0, 0.1) is 11.8 Å². The van der Waals surface area contributed by atoms with Crippen molar-refractivity contribution in [1.82, 2.24) is 26.2 Å². The van der Waals surface area contributed by atoms with E-state index in [9.17, 15) is 44.4 Å². The molecular formula is C45H80N6O17. The molecule has 68 heavy (non-hydrogen) atoms. The first-order chi connectivity index (χ1) is 31.1. The first-order valence-electron chi connectivity index (χ1n) is 23.3. The van der Waals surface area contributed by atoms with E-state index in [1.807, 2.05) is 0 Å². The molecule has 2 saturated carbocycles. The van der Waals surface area contributed by atoms with Crippen LogP contribution in [-0.2, 0) is 42.7 Å². The Kier molecular flexibility index (Phi) is 18.4. The quantitative estimate of drug-likeness (QED) is 0.118. The van der Waals surface area contributed by atoms with Crippen molar-refractivity contribution in [2.24, 2.45) is 17.6 Å². The van der Waals surface area contributed by atoms with Crippen LogP contribution in [-0.4, -0.2) is 184 Å². The SMILES string of the molecule is CN(C(=O)OC(C)(C)C)C1C(O)C(OC2C(NC(=O)C(O)CCNC(=O)OC(C)(C)C)CC(NC(=O)OC(C)(C)C)C(OC3OC4C(CN)C[C@@H]4CC3NC(=O)OC(C)(C)C)C2O)OCC1(C)O. The highest BCUT2D eigenvalue weighted by Crippen LogP contribution is 2.45. The first-order valence-corrected chi connectivity index (χ1v) is 23.3. The van der Waals surface area contributed by atoms with Crippen molar-refractivity contribution >= 4 is 30.3 Å². The van der Waals surface area contributed by atoms with Gasteiger partial charge in [-0.2, -0.15) is 0 Å². The molecule has 15 atom stereocenters. The molecule has 0 aromatic carbocycles. The maximum atomic E-state index is 13.8. The number of nitrogens with two attached hydrogens (primary N) is 1. The smallest absolute Gasteiger partial charge is 0.410 e. The number of rotatable bonds is 13. The van der Waals surface area contributed by atoms with Crippen LogP contribution in [0.2, 0.25) is 0 Å². The van der Waals surface area contributed by atoms with Gasteiger partial charge in [0, 0.05) is 13.6 Å². The standard InChI is InChI=1S/C45H80N6O17/c1-41(2,3)65-37(56)47-16-15-27(52)34(55)48-24-19-25(49-38(57)66-42(4,5)6)32(63-35-26(50-39(58)67-43(7,8)9)18-22-17-23(20-46)30(22)62-35)28(53)31(24)64-36-29(54)33(45(13,60)21-61-36)51(14)40(59)68-44(10,11)12/h22-33,35-36,52-54,60H,15-21,46H2,1-14H3,(H,47,56)(H,48,55)(H,49,57)(H,50,58)/t22-,23?,24?,25?,26?,27?,28?,29?,30?,31?,32?,33?,35?,36?,45?/m1/s1. The van der Waals surface area contributed by atoms with E-state index in [4.69, 9.17) is 43.6 Å². The lowest BCUT2D eigenvalue weighted by Gasteiger charge is -2.54. The largest absolute Gasteiger partial charge is 0.444 e. The summed E-state index contributed by atoms with van der Waals surface area (Å²) in [7, 11) is 1.32. The zero-order valence-electron chi connectivity index (χ0n) is 42.2. The Hall–Kier alpha value is -3.81. The Labute approximate surface area is 399 Å². The number of aliphatic hydroxyl groups excluding tert-OH is 3. The normalized spacial score (nSPS) is 33.6. The van der Waals surface area contributed by atoms with Gasteiger partial charge < -0.3 is 90.2 Å². The maximum Gasteiger partial charge on any atom is 0.410 e. The topological polar surface area (TPSA) is 317 Å². The highest BCUT2D eigenvalue weighted by atomic mass is 16.7. The second kappa shape index (κ2) is 22.1. The highest BCUT2D eigenvalue weighted by molar-refractivity contribution is 5.81. The number of amides is 5. The Morgan fingerprint density at radius 3 is 1.75 bits per heavy atom. The minimum atomic E-state index is -1.86. The number of nitrogens with zero attached hydrogens (tertiary/aromatic N) is 1. The van der Waals surface area contributed by atoms with Gasteiger partial charge in [-0.15, -0.1) is 0 Å². The fourth-order valence-electron chi connectivity index (χ4n) is 8.74. The molecule has 2 aliphatic carbocycles. The number of carbonyl (C=O) groups is 5. The molecule has 0 spiro atoms. The van der Waals surface area contributed by atoms with E-state index in [1.54, 1.807) is 83.1 Å². The molecule has 4 rings (SSSR count). The van der Waals surface area contributed by atoms with Crippen LogP contribution in [0.5, 0.6) is 0 Å². The summed E-state index contributed by atoms with van der Waals surface area (Å²) < 4.78 is 47.3. The molecule has 0 bridgehead atoms. The molecule has 0 aromatic rings. The van der Waals surface area contributed by atoms with Crippen LogP contribution in [0.1, 0.15) is 116 Å². The minimum absolute atomic E-state index is 0.00523. The monoisotopic (exact) mass is 977 g/mol. The Morgan fingerprint density at radius 2 is 1.22 bits per heavy atom. The van der Waals surface area contributed by atoms with Crippen LogP contribution < -0.4 is 27.0 Å². The van der Waals surface area contributed by atoms with Gasteiger partial charge in [0.1, 0.15) is 58.5 Å². The van der Waals surface area contributed by atoms with Crippen molar-refractivity contribution in [2.75, 3.05) is 26.7 Å². The molecule has 0 aromatic heterocycles. The highest BCUT2D eigenvalue weighted by Gasteiger charge is 2.56. The molecule has 2 heterocycles. The molecule has 4 fully saturated rings. The van der Waals surface area contributed by atoms with Crippen molar-refractivity contribution in [2.45, 2.75) is 217 Å². The zero-order valence-corrected chi connectivity index (χ0v) is 42.2. The predicted octanol–water partition coefficient (Wildman–Crippen LogP) is 1.48. The van der Waals surface area contributed by atoms with Gasteiger partial charge in [0.05, 0.1) is 36.9 Å². The van der Waals surface area contributed by atoms with Gasteiger partial charge in [-0.1, -0.05) is 0 Å². The number of alkyl carbamates (subject to hydrolysis) is 3. The minimum Gasteiger partial charge on any atom is -0.444 e. The van der Waals surface area contributed by atoms with Gasteiger partial charge in [-0.05, 0) is 134 Å². The molecule has 392 valence electrons. The summed E-state index contributed by atoms with van der Waals surface area (Å²) >= 11 is 0. The molecule has 2 aliphatic heterocycles. The van der Waals surface area contributed by atoms with Crippen molar-refractivity contribution in [3.05, 3.63) is 0 Å². The Balaban J connectivity index is 1.73. The Bertz CT molecular complexity index is 1740. The summed E-state index contributed by atoms with van der Waals surface area (Å²) in [4.78, 5) is 67.1. The molecule has 14 unspecified atom stereocenters. The lowest BCUT2D eigenvalue weighted by molar-refractivity contribution is -0.321. The number of ether oxygens (including phenoxy) is 8. The van der Waals surface area contributed by atoms with Crippen LogP contribution >= 0.6 is 0 Å². The summed E-state index contributed by atoms with van der Waals surface area (Å²) in [6.07, 6.45) is -14.6. The maximum absolute atomic E-state index is 13.8. The van der Waals surface area contributed by atoms with Gasteiger partial charge >= 0.3 is 24.4 Å². The number of carbonyl (C=O) groups excluding carboxylic acids is 5. The summed E-state index contributed by atoms with van der Waals surface area (Å²) in [6, 6.07) is -4.77. The molecule has 23 nitrogen and oxygen atoms in total. The summed E-state index contributed by atoms with van der Waals surface area (Å²) in [5.74, 6) is -0.990. The van der Waals surface area contributed by atoms with E-state index in [0.717, 1.165) is 11.3 Å². The van der Waals surface area contributed by atoms with Gasteiger partial charge in [-0.25, -0.2) is 19.2 Å². The molecule has 2 saturated heterocycles. The summed E-state index contributed by atoms with van der Waals surface area (Å²) in [5, 5.41) is 57.7. The van der Waals surface area contributed by atoms with Crippen LogP contribution in [0.25, 0.3) is 0 Å². The number of hydrogen-bond acceptors (Lipinski definition) is 18. The van der Waals surface area contributed by atoms with Crippen molar-refractivity contribution in [3.63, 3.8) is 0 Å². The van der Waals surface area contributed by atoms with E-state index >= 15 is 0 Å².